The average Bonchev–Trinajstić information content (AvgIpc) is 2.93. The smallest absolute Gasteiger partial charge is 0.152 e. The van der Waals surface area contributed by atoms with E-state index in [4.69, 9.17) is 0 Å². The summed E-state index contributed by atoms with van der Waals surface area (Å²) in [4.78, 5) is 0. The SMILES string of the molecule is O=S1(=O)CCCC(Nc2ccccc2Cn2cccn2)C1. The maximum Gasteiger partial charge on any atom is 0.152 e. The van der Waals surface area contributed by atoms with Crippen molar-refractivity contribution in [3.63, 3.8) is 0 Å². The van der Waals surface area contributed by atoms with Crippen LogP contribution in [0.2, 0.25) is 0 Å². The number of hydrogen-bond acceptors (Lipinski definition) is 4. The van der Waals surface area contributed by atoms with E-state index in [1.54, 1.807) is 6.20 Å². The van der Waals surface area contributed by atoms with Crippen molar-refractivity contribution in [3.8, 4) is 0 Å². The van der Waals surface area contributed by atoms with Gasteiger partial charge in [0, 0.05) is 24.1 Å². The van der Waals surface area contributed by atoms with Crippen LogP contribution in [-0.4, -0.2) is 35.7 Å². The molecule has 112 valence electrons. The number of benzene rings is 1. The predicted octanol–water partition coefficient (Wildman–Crippen LogP) is 1.92. The van der Waals surface area contributed by atoms with Crippen LogP contribution >= 0.6 is 0 Å². The van der Waals surface area contributed by atoms with E-state index in [-0.39, 0.29) is 11.8 Å². The summed E-state index contributed by atoms with van der Waals surface area (Å²) in [7, 11) is -2.89. The molecule has 1 aromatic carbocycles. The molecule has 1 atom stereocenters. The van der Waals surface area contributed by atoms with Crippen molar-refractivity contribution in [1.29, 1.82) is 0 Å². The minimum atomic E-state index is -2.89. The number of para-hydroxylation sites is 1. The lowest BCUT2D eigenvalue weighted by atomic mass is 10.1. The van der Waals surface area contributed by atoms with E-state index >= 15 is 0 Å². The number of anilines is 1. The molecule has 0 aliphatic carbocycles. The minimum absolute atomic E-state index is 0.00233. The summed E-state index contributed by atoms with van der Waals surface area (Å²) in [6.45, 7) is 0.676. The molecule has 0 bridgehead atoms. The van der Waals surface area contributed by atoms with Crippen molar-refractivity contribution in [3.05, 3.63) is 48.3 Å². The highest BCUT2D eigenvalue weighted by Crippen LogP contribution is 2.21. The number of nitrogens with one attached hydrogen (secondary N) is 1. The third kappa shape index (κ3) is 3.64. The van der Waals surface area contributed by atoms with Gasteiger partial charge in [-0.2, -0.15) is 5.10 Å². The van der Waals surface area contributed by atoms with Gasteiger partial charge < -0.3 is 5.32 Å². The first-order valence-electron chi connectivity index (χ1n) is 7.15. The summed E-state index contributed by atoms with van der Waals surface area (Å²) in [6.07, 6.45) is 5.31. The fraction of sp³-hybridized carbons (Fsp3) is 0.400. The summed E-state index contributed by atoms with van der Waals surface area (Å²) in [6, 6.07) is 9.89. The highest BCUT2D eigenvalue weighted by molar-refractivity contribution is 7.91. The Hall–Kier alpha value is -1.82. The second-order valence-corrected chi connectivity index (χ2v) is 7.69. The van der Waals surface area contributed by atoms with Gasteiger partial charge >= 0.3 is 0 Å². The zero-order chi connectivity index (χ0) is 14.7. The zero-order valence-electron chi connectivity index (χ0n) is 11.8. The molecule has 1 N–H and O–H groups in total. The molecule has 0 spiro atoms. The van der Waals surface area contributed by atoms with Crippen LogP contribution in [0.15, 0.2) is 42.7 Å². The van der Waals surface area contributed by atoms with Crippen molar-refractivity contribution in [2.24, 2.45) is 0 Å². The molecule has 1 unspecified atom stereocenters. The predicted molar refractivity (Wildman–Crippen MR) is 83.1 cm³/mol. The molecule has 2 heterocycles. The Kier molecular flexibility index (Phi) is 3.96. The Labute approximate surface area is 124 Å². The average molecular weight is 305 g/mol. The van der Waals surface area contributed by atoms with E-state index < -0.39 is 9.84 Å². The van der Waals surface area contributed by atoms with Crippen molar-refractivity contribution in [1.82, 2.24) is 9.78 Å². The summed E-state index contributed by atoms with van der Waals surface area (Å²) in [5.41, 5.74) is 2.11. The van der Waals surface area contributed by atoms with Gasteiger partial charge in [0.25, 0.3) is 0 Å². The molecule has 1 aromatic heterocycles. The van der Waals surface area contributed by atoms with Gasteiger partial charge in [0.2, 0.25) is 0 Å². The molecule has 0 amide bonds. The molecule has 6 heteroatoms. The fourth-order valence-corrected chi connectivity index (χ4v) is 4.36. The van der Waals surface area contributed by atoms with Crippen molar-refractivity contribution in [2.45, 2.75) is 25.4 Å². The number of aromatic nitrogens is 2. The van der Waals surface area contributed by atoms with Gasteiger partial charge in [-0.25, -0.2) is 8.42 Å². The molecular formula is C15H19N3O2S. The monoisotopic (exact) mass is 305 g/mol. The number of sulfone groups is 1. The fourth-order valence-electron chi connectivity index (χ4n) is 2.72. The van der Waals surface area contributed by atoms with Crippen LogP contribution in [0.4, 0.5) is 5.69 Å². The molecule has 1 saturated heterocycles. The normalized spacial score (nSPS) is 21.0. The molecule has 21 heavy (non-hydrogen) atoms. The molecule has 5 nitrogen and oxygen atoms in total. The van der Waals surface area contributed by atoms with Gasteiger partial charge in [-0.1, -0.05) is 18.2 Å². The Bertz CT molecular complexity index is 695. The van der Waals surface area contributed by atoms with E-state index in [2.05, 4.69) is 10.4 Å². The van der Waals surface area contributed by atoms with Crippen LogP contribution in [0.25, 0.3) is 0 Å². The van der Waals surface area contributed by atoms with Gasteiger partial charge in [0.1, 0.15) is 0 Å². The second kappa shape index (κ2) is 5.89. The summed E-state index contributed by atoms with van der Waals surface area (Å²) in [5, 5.41) is 7.61. The molecule has 0 saturated carbocycles. The van der Waals surface area contributed by atoms with Crippen LogP contribution in [0.3, 0.4) is 0 Å². The van der Waals surface area contributed by atoms with Gasteiger partial charge in [0.15, 0.2) is 9.84 Å². The molecule has 3 rings (SSSR count). The topological polar surface area (TPSA) is 64.0 Å². The first-order valence-corrected chi connectivity index (χ1v) is 8.97. The van der Waals surface area contributed by atoms with E-state index in [0.29, 0.717) is 12.3 Å². The van der Waals surface area contributed by atoms with Crippen LogP contribution < -0.4 is 5.32 Å². The molecule has 0 radical (unpaired) electrons. The molecule has 1 aliphatic rings. The zero-order valence-corrected chi connectivity index (χ0v) is 12.6. The maximum atomic E-state index is 11.7. The number of hydrogen-bond donors (Lipinski definition) is 1. The van der Waals surface area contributed by atoms with Gasteiger partial charge in [0.05, 0.1) is 18.1 Å². The van der Waals surface area contributed by atoms with E-state index in [9.17, 15) is 8.42 Å². The number of rotatable bonds is 4. The standard InChI is InChI=1S/C15H19N3O2S/c19-21(20)10-3-6-14(12-21)17-15-7-2-1-5-13(15)11-18-9-4-8-16-18/h1-2,4-5,7-9,14,17H,3,6,10-12H2. The van der Waals surface area contributed by atoms with Crippen molar-refractivity contribution >= 4 is 15.5 Å². The van der Waals surface area contributed by atoms with Gasteiger partial charge in [-0.05, 0) is 30.5 Å². The lowest BCUT2D eigenvalue weighted by Crippen LogP contribution is -2.35. The summed E-state index contributed by atoms with van der Waals surface area (Å²) >= 11 is 0. The third-order valence-electron chi connectivity index (χ3n) is 3.73. The van der Waals surface area contributed by atoms with E-state index in [1.165, 1.54) is 0 Å². The van der Waals surface area contributed by atoms with Gasteiger partial charge in [-0.15, -0.1) is 0 Å². The van der Waals surface area contributed by atoms with E-state index in [0.717, 1.165) is 24.1 Å². The lowest BCUT2D eigenvalue weighted by molar-refractivity contribution is 0.561. The van der Waals surface area contributed by atoms with Crippen LogP contribution in [0, 0.1) is 0 Å². The molecule has 1 fully saturated rings. The highest BCUT2D eigenvalue weighted by atomic mass is 32.2. The van der Waals surface area contributed by atoms with Crippen LogP contribution in [-0.2, 0) is 16.4 Å². The Balaban J connectivity index is 1.76. The Morgan fingerprint density at radius 3 is 2.90 bits per heavy atom. The third-order valence-corrected chi connectivity index (χ3v) is 5.55. The van der Waals surface area contributed by atoms with Gasteiger partial charge in [-0.3, -0.25) is 4.68 Å². The largest absolute Gasteiger partial charge is 0.381 e. The second-order valence-electron chi connectivity index (χ2n) is 5.46. The lowest BCUT2D eigenvalue weighted by Gasteiger charge is -2.25. The quantitative estimate of drug-likeness (QED) is 0.937. The Morgan fingerprint density at radius 1 is 1.29 bits per heavy atom. The first kappa shape index (κ1) is 14.1. The molecule has 1 aliphatic heterocycles. The summed E-state index contributed by atoms with van der Waals surface area (Å²) < 4.78 is 25.3. The maximum absolute atomic E-state index is 11.7. The molecule has 2 aromatic rings. The van der Waals surface area contributed by atoms with Crippen LogP contribution in [0.5, 0.6) is 0 Å². The Morgan fingerprint density at radius 2 is 2.14 bits per heavy atom. The molecular weight excluding hydrogens is 286 g/mol. The minimum Gasteiger partial charge on any atom is -0.381 e. The van der Waals surface area contributed by atoms with Crippen molar-refractivity contribution < 1.29 is 8.42 Å². The van der Waals surface area contributed by atoms with E-state index in [1.807, 2.05) is 41.2 Å². The highest BCUT2D eigenvalue weighted by Gasteiger charge is 2.24. The summed E-state index contributed by atoms with van der Waals surface area (Å²) in [5.74, 6) is 0.545. The first-order chi connectivity index (χ1) is 10.1. The number of nitrogens with zero attached hydrogens (tertiary/aromatic N) is 2. The van der Waals surface area contributed by atoms with Crippen LogP contribution in [0.1, 0.15) is 18.4 Å². The van der Waals surface area contributed by atoms with Crippen molar-refractivity contribution in [2.75, 3.05) is 16.8 Å².